The van der Waals surface area contributed by atoms with Gasteiger partial charge >= 0.3 is 0 Å². The number of hydrogen-bond donors (Lipinski definition) is 2. The van der Waals surface area contributed by atoms with Gasteiger partial charge in [-0.25, -0.2) is 4.39 Å². The highest BCUT2D eigenvalue weighted by Gasteiger charge is 2.27. The molecule has 3 unspecified atom stereocenters. The Kier molecular flexibility index (Phi) is 5.73. The maximum atomic E-state index is 13.3. The molecule has 1 aliphatic rings. The average Bonchev–Trinajstić information content (AvgIpc) is 2.37. The van der Waals surface area contributed by atoms with Gasteiger partial charge in [0.25, 0.3) is 0 Å². The fraction of sp³-hybridized carbons (Fsp3) is 0.647. The molecule has 0 spiro atoms. The summed E-state index contributed by atoms with van der Waals surface area (Å²) >= 11 is 0. The molecule has 0 radical (unpaired) electrons. The highest BCUT2D eigenvalue weighted by molar-refractivity contribution is 5.16. The lowest BCUT2D eigenvalue weighted by Gasteiger charge is -2.37. The van der Waals surface area contributed by atoms with Crippen molar-refractivity contribution in [3.63, 3.8) is 0 Å². The zero-order valence-corrected chi connectivity index (χ0v) is 13.0. The number of piperidine rings is 1. The van der Waals surface area contributed by atoms with Crippen molar-refractivity contribution in [2.45, 2.75) is 45.4 Å². The van der Waals surface area contributed by atoms with E-state index in [0.29, 0.717) is 5.92 Å². The van der Waals surface area contributed by atoms with Crippen molar-refractivity contribution in [1.82, 2.24) is 4.90 Å². The van der Waals surface area contributed by atoms with Crippen LogP contribution in [0.25, 0.3) is 0 Å². The maximum absolute atomic E-state index is 13.3. The van der Waals surface area contributed by atoms with E-state index in [0.717, 1.165) is 38.0 Å². The van der Waals surface area contributed by atoms with Crippen LogP contribution in [0.1, 0.15) is 32.3 Å². The van der Waals surface area contributed by atoms with Gasteiger partial charge in [-0.2, -0.15) is 0 Å². The number of aliphatic hydroxyl groups is 1. The molecule has 1 aromatic rings. The molecule has 0 aromatic heterocycles. The number of halogens is 1. The van der Waals surface area contributed by atoms with Crippen LogP contribution in [0.3, 0.4) is 0 Å². The zero-order valence-electron chi connectivity index (χ0n) is 13.0. The van der Waals surface area contributed by atoms with E-state index < -0.39 is 0 Å². The Morgan fingerprint density at radius 1 is 1.38 bits per heavy atom. The summed E-state index contributed by atoms with van der Waals surface area (Å²) in [6.07, 6.45) is 1.49. The van der Waals surface area contributed by atoms with Crippen molar-refractivity contribution in [2.24, 2.45) is 17.6 Å². The number of likely N-dealkylation sites (tertiary alicyclic amines) is 1. The minimum Gasteiger partial charge on any atom is -0.393 e. The first kappa shape index (κ1) is 16.4. The molecular formula is C17H27FN2O. The van der Waals surface area contributed by atoms with Gasteiger partial charge in [0, 0.05) is 25.7 Å². The van der Waals surface area contributed by atoms with E-state index in [-0.39, 0.29) is 23.9 Å². The molecule has 0 bridgehead atoms. The van der Waals surface area contributed by atoms with Crippen LogP contribution in [0.5, 0.6) is 0 Å². The second kappa shape index (κ2) is 7.34. The van der Waals surface area contributed by atoms with Crippen LogP contribution in [0.2, 0.25) is 0 Å². The van der Waals surface area contributed by atoms with Crippen molar-refractivity contribution in [1.29, 1.82) is 0 Å². The minimum absolute atomic E-state index is 0.136. The molecule has 1 fully saturated rings. The molecule has 0 aliphatic carbocycles. The molecular weight excluding hydrogens is 267 g/mol. The quantitative estimate of drug-likeness (QED) is 0.876. The molecule has 0 saturated carbocycles. The van der Waals surface area contributed by atoms with Crippen LogP contribution < -0.4 is 5.73 Å². The lowest BCUT2D eigenvalue weighted by molar-refractivity contribution is 0.0641. The van der Waals surface area contributed by atoms with Crippen molar-refractivity contribution in [3.8, 4) is 0 Å². The number of rotatable bonds is 5. The third kappa shape index (κ3) is 5.06. The predicted molar refractivity (Wildman–Crippen MR) is 83.2 cm³/mol. The molecule has 3 atom stereocenters. The van der Waals surface area contributed by atoms with Crippen LogP contribution in [0, 0.1) is 17.7 Å². The maximum Gasteiger partial charge on any atom is 0.123 e. The lowest BCUT2D eigenvalue weighted by Crippen LogP contribution is -2.47. The summed E-state index contributed by atoms with van der Waals surface area (Å²) in [5.41, 5.74) is 7.13. The fourth-order valence-electron chi connectivity index (χ4n) is 3.16. The molecule has 3 N–H and O–H groups in total. The topological polar surface area (TPSA) is 49.5 Å². The third-order valence-electron chi connectivity index (χ3n) is 4.28. The number of nitrogens with two attached hydrogens (primary N) is 1. The first-order valence-corrected chi connectivity index (χ1v) is 7.84. The lowest BCUT2D eigenvalue weighted by atomic mass is 9.87. The van der Waals surface area contributed by atoms with E-state index in [2.05, 4.69) is 4.90 Å². The summed E-state index contributed by atoms with van der Waals surface area (Å²) in [7, 11) is 0. The molecule has 1 aliphatic heterocycles. The van der Waals surface area contributed by atoms with Gasteiger partial charge in [-0.1, -0.05) is 26.0 Å². The van der Waals surface area contributed by atoms with Crippen LogP contribution in [0.15, 0.2) is 24.3 Å². The Labute approximate surface area is 126 Å². The predicted octanol–water partition coefficient (Wildman–Crippen LogP) is 2.38. The molecule has 2 rings (SSSR count). The fourth-order valence-corrected chi connectivity index (χ4v) is 3.16. The van der Waals surface area contributed by atoms with Crippen LogP contribution in [-0.2, 0) is 6.54 Å². The number of hydrogen-bond acceptors (Lipinski definition) is 3. The highest BCUT2D eigenvalue weighted by atomic mass is 19.1. The Bertz CT molecular complexity index is 452. The monoisotopic (exact) mass is 294 g/mol. The van der Waals surface area contributed by atoms with Gasteiger partial charge in [0.05, 0.1) is 6.10 Å². The van der Waals surface area contributed by atoms with Gasteiger partial charge in [0.1, 0.15) is 5.82 Å². The SMILES string of the molecule is CC(C)C(O)CC1CC(N)CN(Cc2cccc(F)c2)C1. The third-order valence-corrected chi connectivity index (χ3v) is 4.28. The molecule has 118 valence electrons. The molecule has 21 heavy (non-hydrogen) atoms. The number of benzene rings is 1. The van der Waals surface area contributed by atoms with Gasteiger partial charge in [-0.05, 0) is 42.4 Å². The number of aliphatic hydroxyl groups excluding tert-OH is 1. The summed E-state index contributed by atoms with van der Waals surface area (Å²) in [6.45, 7) is 6.56. The van der Waals surface area contributed by atoms with E-state index in [1.807, 2.05) is 19.9 Å². The molecule has 1 saturated heterocycles. The Morgan fingerprint density at radius 2 is 2.14 bits per heavy atom. The Hall–Kier alpha value is -0.970. The van der Waals surface area contributed by atoms with Gasteiger partial charge in [0.2, 0.25) is 0 Å². The zero-order chi connectivity index (χ0) is 15.4. The summed E-state index contributed by atoms with van der Waals surface area (Å²) in [5, 5.41) is 10.1. The molecule has 1 aromatic carbocycles. The van der Waals surface area contributed by atoms with Crippen molar-refractivity contribution < 1.29 is 9.50 Å². The normalized spacial score (nSPS) is 25.2. The van der Waals surface area contributed by atoms with Crippen LogP contribution in [-0.4, -0.2) is 35.2 Å². The second-order valence-electron chi connectivity index (χ2n) is 6.73. The van der Waals surface area contributed by atoms with Gasteiger partial charge in [-0.15, -0.1) is 0 Å². The molecule has 4 heteroatoms. The van der Waals surface area contributed by atoms with Crippen molar-refractivity contribution in [2.75, 3.05) is 13.1 Å². The first-order valence-electron chi connectivity index (χ1n) is 7.84. The van der Waals surface area contributed by atoms with Gasteiger partial charge < -0.3 is 10.8 Å². The van der Waals surface area contributed by atoms with E-state index in [1.54, 1.807) is 12.1 Å². The van der Waals surface area contributed by atoms with Gasteiger partial charge in [-0.3, -0.25) is 4.90 Å². The molecule has 0 amide bonds. The van der Waals surface area contributed by atoms with E-state index in [4.69, 9.17) is 5.73 Å². The highest BCUT2D eigenvalue weighted by Crippen LogP contribution is 2.24. The average molecular weight is 294 g/mol. The van der Waals surface area contributed by atoms with Gasteiger partial charge in [0.15, 0.2) is 0 Å². The number of nitrogens with zero attached hydrogens (tertiary/aromatic N) is 1. The Morgan fingerprint density at radius 3 is 2.81 bits per heavy atom. The van der Waals surface area contributed by atoms with Crippen molar-refractivity contribution >= 4 is 0 Å². The molecule has 3 nitrogen and oxygen atoms in total. The largest absolute Gasteiger partial charge is 0.393 e. The van der Waals surface area contributed by atoms with E-state index in [1.165, 1.54) is 6.07 Å². The molecule has 1 heterocycles. The minimum atomic E-state index is -0.267. The smallest absolute Gasteiger partial charge is 0.123 e. The second-order valence-corrected chi connectivity index (χ2v) is 6.73. The van der Waals surface area contributed by atoms with E-state index in [9.17, 15) is 9.50 Å². The Balaban J connectivity index is 1.94. The van der Waals surface area contributed by atoms with E-state index >= 15 is 0 Å². The summed E-state index contributed by atoms with van der Waals surface area (Å²) in [6, 6.07) is 6.87. The van der Waals surface area contributed by atoms with Crippen LogP contribution in [0.4, 0.5) is 4.39 Å². The summed E-state index contributed by atoms with van der Waals surface area (Å²) in [4.78, 5) is 2.28. The summed E-state index contributed by atoms with van der Waals surface area (Å²) < 4.78 is 13.3. The summed E-state index contributed by atoms with van der Waals surface area (Å²) in [5.74, 6) is 0.500. The van der Waals surface area contributed by atoms with Crippen LogP contribution >= 0.6 is 0 Å². The van der Waals surface area contributed by atoms with Crippen molar-refractivity contribution in [3.05, 3.63) is 35.6 Å². The standard InChI is InChI=1S/C17H27FN2O/c1-12(2)17(21)8-14-7-16(19)11-20(10-14)9-13-4-3-5-15(18)6-13/h3-6,12,14,16-17,21H,7-11,19H2,1-2H3. The first-order chi connectivity index (χ1) is 9.94.